The van der Waals surface area contributed by atoms with Gasteiger partial charge in [0, 0.05) is 31.7 Å². The van der Waals surface area contributed by atoms with Gasteiger partial charge in [-0.25, -0.2) is 4.79 Å². The molecule has 0 spiro atoms. The van der Waals surface area contributed by atoms with Crippen molar-refractivity contribution in [1.82, 2.24) is 15.1 Å². The van der Waals surface area contributed by atoms with E-state index in [0.717, 1.165) is 32.5 Å². The molecule has 1 amide bonds. The molecule has 0 aromatic rings. The number of likely N-dealkylation sites (tertiary alicyclic amines) is 2. The molecule has 2 unspecified atom stereocenters. The molecule has 5 nitrogen and oxygen atoms in total. The van der Waals surface area contributed by atoms with E-state index < -0.39 is 5.60 Å². The Hall–Kier alpha value is -0.810. The van der Waals surface area contributed by atoms with E-state index in [1.807, 2.05) is 25.7 Å². The third kappa shape index (κ3) is 5.76. The molecular formula is C17H33N3O2. The minimum atomic E-state index is -0.418. The van der Waals surface area contributed by atoms with Gasteiger partial charge in [0.05, 0.1) is 0 Å². The van der Waals surface area contributed by atoms with Crippen LogP contribution in [0.15, 0.2) is 0 Å². The number of hydrogen-bond donors (Lipinski definition) is 1. The topological polar surface area (TPSA) is 44.8 Å². The van der Waals surface area contributed by atoms with Crippen molar-refractivity contribution in [2.75, 3.05) is 33.2 Å². The molecule has 2 saturated heterocycles. The fourth-order valence-electron chi connectivity index (χ4n) is 3.41. The summed E-state index contributed by atoms with van der Waals surface area (Å²) < 4.78 is 5.54. The molecule has 0 aromatic carbocycles. The second-order valence-corrected chi connectivity index (χ2v) is 7.89. The van der Waals surface area contributed by atoms with Crippen LogP contribution in [0.1, 0.15) is 52.9 Å². The smallest absolute Gasteiger partial charge is 0.410 e. The second kappa shape index (κ2) is 7.64. The van der Waals surface area contributed by atoms with Crippen LogP contribution < -0.4 is 5.32 Å². The monoisotopic (exact) mass is 311 g/mol. The molecule has 0 bridgehead atoms. The number of ether oxygens (including phenoxy) is 1. The lowest BCUT2D eigenvalue weighted by molar-refractivity contribution is 0.0239. The first-order valence-corrected chi connectivity index (χ1v) is 8.76. The van der Waals surface area contributed by atoms with Crippen molar-refractivity contribution < 1.29 is 9.53 Å². The highest BCUT2D eigenvalue weighted by atomic mass is 16.6. The van der Waals surface area contributed by atoms with Gasteiger partial charge in [0.25, 0.3) is 0 Å². The van der Waals surface area contributed by atoms with Gasteiger partial charge < -0.3 is 19.9 Å². The van der Waals surface area contributed by atoms with Crippen LogP contribution in [0.5, 0.6) is 0 Å². The van der Waals surface area contributed by atoms with Crippen LogP contribution in [-0.4, -0.2) is 66.8 Å². The molecule has 2 aliphatic rings. The van der Waals surface area contributed by atoms with Crippen molar-refractivity contribution in [1.29, 1.82) is 0 Å². The molecule has 22 heavy (non-hydrogen) atoms. The maximum absolute atomic E-state index is 12.3. The number of carbonyl (C=O) groups is 1. The Kier molecular flexibility index (Phi) is 6.09. The SMILES string of the molecule is CN1CCCC(NC2CCCCN(C(=O)OC(C)(C)C)C2)C1. The maximum atomic E-state index is 12.3. The van der Waals surface area contributed by atoms with Crippen LogP contribution in [0.3, 0.4) is 0 Å². The van der Waals surface area contributed by atoms with E-state index in [2.05, 4.69) is 17.3 Å². The highest BCUT2D eigenvalue weighted by Crippen LogP contribution is 2.17. The van der Waals surface area contributed by atoms with E-state index in [1.165, 1.54) is 25.8 Å². The third-order valence-corrected chi connectivity index (χ3v) is 4.42. The Labute approximate surface area is 135 Å². The predicted molar refractivity (Wildman–Crippen MR) is 89.1 cm³/mol. The van der Waals surface area contributed by atoms with Crippen molar-refractivity contribution in [3.05, 3.63) is 0 Å². The summed E-state index contributed by atoms with van der Waals surface area (Å²) in [4.78, 5) is 16.6. The van der Waals surface area contributed by atoms with Crippen LogP contribution in [0.4, 0.5) is 4.79 Å². The average Bonchev–Trinajstić information content (AvgIpc) is 2.62. The number of nitrogens with one attached hydrogen (secondary N) is 1. The number of piperidine rings is 1. The zero-order valence-electron chi connectivity index (χ0n) is 14.7. The summed E-state index contributed by atoms with van der Waals surface area (Å²) in [6, 6.07) is 0.953. The van der Waals surface area contributed by atoms with Crippen molar-refractivity contribution >= 4 is 6.09 Å². The van der Waals surface area contributed by atoms with E-state index >= 15 is 0 Å². The zero-order chi connectivity index (χ0) is 16.2. The predicted octanol–water partition coefficient (Wildman–Crippen LogP) is 2.46. The van der Waals surface area contributed by atoms with Crippen molar-refractivity contribution in [3.63, 3.8) is 0 Å². The molecule has 0 saturated carbocycles. The van der Waals surface area contributed by atoms with Crippen LogP contribution in [0, 0.1) is 0 Å². The highest BCUT2D eigenvalue weighted by Gasteiger charge is 2.28. The van der Waals surface area contributed by atoms with Crippen molar-refractivity contribution in [2.45, 2.75) is 70.6 Å². The third-order valence-electron chi connectivity index (χ3n) is 4.42. The zero-order valence-corrected chi connectivity index (χ0v) is 14.7. The maximum Gasteiger partial charge on any atom is 0.410 e. The van der Waals surface area contributed by atoms with Crippen molar-refractivity contribution in [2.24, 2.45) is 0 Å². The molecular weight excluding hydrogens is 278 g/mol. The summed E-state index contributed by atoms with van der Waals surface area (Å²) in [5, 5.41) is 3.78. The van der Waals surface area contributed by atoms with Crippen LogP contribution in [-0.2, 0) is 4.74 Å². The lowest BCUT2D eigenvalue weighted by atomic mass is 10.0. The lowest BCUT2D eigenvalue weighted by Gasteiger charge is -2.34. The number of hydrogen-bond acceptors (Lipinski definition) is 4. The molecule has 1 N–H and O–H groups in total. The van der Waals surface area contributed by atoms with E-state index in [1.54, 1.807) is 0 Å². The summed E-state index contributed by atoms with van der Waals surface area (Å²) >= 11 is 0. The first kappa shape index (κ1) is 17.5. The van der Waals surface area contributed by atoms with E-state index in [0.29, 0.717) is 12.1 Å². The molecule has 0 aliphatic carbocycles. The van der Waals surface area contributed by atoms with Crippen molar-refractivity contribution in [3.8, 4) is 0 Å². The molecule has 2 atom stereocenters. The number of rotatable bonds is 2. The van der Waals surface area contributed by atoms with Gasteiger partial charge in [0.1, 0.15) is 5.60 Å². The van der Waals surface area contributed by atoms with Gasteiger partial charge in [0.15, 0.2) is 0 Å². The molecule has 2 heterocycles. The molecule has 128 valence electrons. The van der Waals surface area contributed by atoms with Gasteiger partial charge >= 0.3 is 6.09 Å². The molecule has 2 rings (SSSR count). The van der Waals surface area contributed by atoms with Gasteiger partial charge in [-0.1, -0.05) is 6.42 Å². The lowest BCUT2D eigenvalue weighted by Crippen LogP contribution is -2.51. The Bertz CT molecular complexity index is 367. The Balaban J connectivity index is 1.87. The fourth-order valence-corrected chi connectivity index (χ4v) is 3.41. The number of amides is 1. The molecule has 2 fully saturated rings. The van der Waals surface area contributed by atoms with E-state index in [9.17, 15) is 4.79 Å². The van der Waals surface area contributed by atoms with E-state index in [4.69, 9.17) is 4.74 Å². The van der Waals surface area contributed by atoms with Gasteiger partial charge in [-0.05, 0) is 60.0 Å². The van der Waals surface area contributed by atoms with Gasteiger partial charge in [-0.15, -0.1) is 0 Å². The fraction of sp³-hybridized carbons (Fsp3) is 0.941. The Morgan fingerprint density at radius 2 is 1.73 bits per heavy atom. The quantitative estimate of drug-likeness (QED) is 0.851. The molecule has 2 aliphatic heterocycles. The second-order valence-electron chi connectivity index (χ2n) is 7.89. The highest BCUT2D eigenvalue weighted by molar-refractivity contribution is 5.68. The average molecular weight is 311 g/mol. The van der Waals surface area contributed by atoms with Crippen LogP contribution >= 0.6 is 0 Å². The first-order chi connectivity index (χ1) is 10.3. The Morgan fingerprint density at radius 3 is 2.41 bits per heavy atom. The number of nitrogens with zero attached hydrogens (tertiary/aromatic N) is 2. The largest absolute Gasteiger partial charge is 0.444 e. The summed E-state index contributed by atoms with van der Waals surface area (Å²) in [6.07, 6.45) is 5.74. The van der Waals surface area contributed by atoms with Gasteiger partial charge in [0.2, 0.25) is 0 Å². The first-order valence-electron chi connectivity index (χ1n) is 8.76. The summed E-state index contributed by atoms with van der Waals surface area (Å²) in [5.41, 5.74) is -0.418. The van der Waals surface area contributed by atoms with E-state index in [-0.39, 0.29) is 6.09 Å². The summed E-state index contributed by atoms with van der Waals surface area (Å²) in [6.45, 7) is 9.69. The van der Waals surface area contributed by atoms with Gasteiger partial charge in [-0.2, -0.15) is 0 Å². The van der Waals surface area contributed by atoms with Crippen LogP contribution in [0.25, 0.3) is 0 Å². The number of likely N-dealkylation sites (N-methyl/N-ethyl adjacent to an activating group) is 1. The molecule has 0 radical (unpaired) electrons. The standard InChI is InChI=1S/C17H33N3O2/c1-17(2,3)22-16(21)20-11-6-5-8-15(13-20)18-14-9-7-10-19(4)12-14/h14-15,18H,5-13H2,1-4H3. The van der Waals surface area contributed by atoms with Gasteiger partial charge in [-0.3, -0.25) is 0 Å². The summed E-state index contributed by atoms with van der Waals surface area (Å²) in [5.74, 6) is 0. The molecule has 5 heteroatoms. The normalized spacial score (nSPS) is 28.3. The molecule has 0 aromatic heterocycles. The summed E-state index contributed by atoms with van der Waals surface area (Å²) in [7, 11) is 2.19. The Morgan fingerprint density at radius 1 is 1.05 bits per heavy atom. The minimum Gasteiger partial charge on any atom is -0.444 e. The minimum absolute atomic E-state index is 0.165. The number of carbonyl (C=O) groups excluding carboxylic acids is 1. The van der Waals surface area contributed by atoms with Crippen LogP contribution in [0.2, 0.25) is 0 Å².